The molecule has 1 aromatic rings. The van der Waals surface area contributed by atoms with Gasteiger partial charge in [0, 0.05) is 25.2 Å². The van der Waals surface area contributed by atoms with E-state index in [0.29, 0.717) is 5.54 Å². The average Bonchev–Trinajstić information content (AvgIpc) is 2.76. The zero-order valence-electron chi connectivity index (χ0n) is 11.2. The second kappa shape index (κ2) is 5.02. The highest BCUT2D eigenvalue weighted by Crippen LogP contribution is 2.30. The number of hydrogen-bond donors (Lipinski definition) is 1. The second-order valence-electron chi connectivity index (χ2n) is 5.84. The lowest BCUT2D eigenvalue weighted by Crippen LogP contribution is -2.60. The van der Waals surface area contributed by atoms with E-state index in [1.54, 1.807) is 0 Å². The Morgan fingerprint density at radius 1 is 1.39 bits per heavy atom. The Labute approximate surface area is 109 Å². The van der Waals surface area contributed by atoms with Crippen LogP contribution in [0, 0.1) is 6.92 Å². The molecular formula is C14H23N3O. The van der Waals surface area contributed by atoms with E-state index in [9.17, 15) is 0 Å². The topological polar surface area (TPSA) is 41.3 Å². The minimum Gasteiger partial charge on any atom is -0.445 e. The lowest BCUT2D eigenvalue weighted by Gasteiger charge is -2.45. The molecule has 3 rings (SSSR count). The molecule has 1 saturated carbocycles. The Bertz CT molecular complexity index is 390. The molecule has 1 spiro atoms. The van der Waals surface area contributed by atoms with Gasteiger partial charge in [-0.3, -0.25) is 4.90 Å². The van der Waals surface area contributed by atoms with Gasteiger partial charge in [0.05, 0.1) is 12.7 Å². The summed E-state index contributed by atoms with van der Waals surface area (Å²) >= 11 is 0. The number of piperazine rings is 1. The van der Waals surface area contributed by atoms with Crippen LogP contribution in [-0.4, -0.2) is 35.1 Å². The molecule has 1 aliphatic carbocycles. The van der Waals surface area contributed by atoms with Gasteiger partial charge < -0.3 is 9.73 Å². The lowest BCUT2D eigenvalue weighted by atomic mass is 9.80. The summed E-state index contributed by atoms with van der Waals surface area (Å²) in [6.07, 6.45) is 8.62. The van der Waals surface area contributed by atoms with Crippen LogP contribution < -0.4 is 5.32 Å². The summed E-state index contributed by atoms with van der Waals surface area (Å²) in [6, 6.07) is 0. The largest absolute Gasteiger partial charge is 0.445 e. The molecule has 1 aromatic heterocycles. The summed E-state index contributed by atoms with van der Waals surface area (Å²) in [5, 5.41) is 3.76. The quantitative estimate of drug-likeness (QED) is 0.871. The maximum absolute atomic E-state index is 5.59. The number of aryl methyl sites for hydroxylation is 1. The Kier molecular flexibility index (Phi) is 3.39. The number of aromatic nitrogens is 1. The van der Waals surface area contributed by atoms with E-state index in [4.69, 9.17) is 4.42 Å². The molecule has 0 aromatic carbocycles. The van der Waals surface area contributed by atoms with E-state index >= 15 is 0 Å². The SMILES string of the molecule is Cc1cnc(CN2CCNC3(CCCCC3)C2)o1. The molecule has 18 heavy (non-hydrogen) atoms. The van der Waals surface area contributed by atoms with Gasteiger partial charge in [-0.15, -0.1) is 0 Å². The third-order valence-electron chi connectivity index (χ3n) is 4.29. The number of hydrogen-bond acceptors (Lipinski definition) is 4. The maximum atomic E-state index is 5.59. The molecule has 1 N–H and O–H groups in total. The Hall–Kier alpha value is -0.870. The van der Waals surface area contributed by atoms with E-state index < -0.39 is 0 Å². The van der Waals surface area contributed by atoms with Gasteiger partial charge in [-0.1, -0.05) is 19.3 Å². The van der Waals surface area contributed by atoms with Crippen LogP contribution in [0.5, 0.6) is 0 Å². The molecule has 100 valence electrons. The van der Waals surface area contributed by atoms with E-state index in [1.807, 2.05) is 13.1 Å². The highest BCUT2D eigenvalue weighted by Gasteiger charge is 2.36. The normalized spacial score (nSPS) is 24.5. The van der Waals surface area contributed by atoms with Crippen LogP contribution in [0.3, 0.4) is 0 Å². The first-order valence-electron chi connectivity index (χ1n) is 7.15. The van der Waals surface area contributed by atoms with Crippen molar-refractivity contribution in [3.05, 3.63) is 17.8 Å². The van der Waals surface area contributed by atoms with Gasteiger partial charge in [-0.2, -0.15) is 0 Å². The predicted molar refractivity (Wildman–Crippen MR) is 70.3 cm³/mol. The third kappa shape index (κ3) is 2.59. The van der Waals surface area contributed by atoms with Crippen LogP contribution in [0.2, 0.25) is 0 Å². The maximum Gasteiger partial charge on any atom is 0.208 e. The Morgan fingerprint density at radius 3 is 2.94 bits per heavy atom. The molecule has 0 radical (unpaired) electrons. The highest BCUT2D eigenvalue weighted by molar-refractivity contribution is 4.98. The monoisotopic (exact) mass is 249 g/mol. The van der Waals surface area contributed by atoms with Gasteiger partial charge in [0.15, 0.2) is 0 Å². The average molecular weight is 249 g/mol. The van der Waals surface area contributed by atoms with Crippen molar-refractivity contribution in [1.82, 2.24) is 15.2 Å². The van der Waals surface area contributed by atoms with Crippen LogP contribution in [0.25, 0.3) is 0 Å². The molecule has 4 heteroatoms. The van der Waals surface area contributed by atoms with Crippen LogP contribution in [0.4, 0.5) is 0 Å². The number of rotatable bonds is 2. The standard InChI is InChI=1S/C14H23N3O/c1-12-9-15-13(18-12)10-17-8-7-16-14(11-17)5-3-2-4-6-14/h9,16H,2-8,10-11H2,1H3. The first-order valence-corrected chi connectivity index (χ1v) is 7.15. The third-order valence-corrected chi connectivity index (χ3v) is 4.29. The van der Waals surface area contributed by atoms with E-state index in [2.05, 4.69) is 15.2 Å². The summed E-state index contributed by atoms with van der Waals surface area (Å²) in [6.45, 7) is 6.16. The van der Waals surface area contributed by atoms with Crippen molar-refractivity contribution in [3.8, 4) is 0 Å². The smallest absolute Gasteiger partial charge is 0.208 e. The van der Waals surface area contributed by atoms with Gasteiger partial charge >= 0.3 is 0 Å². The van der Waals surface area contributed by atoms with Crippen molar-refractivity contribution in [2.45, 2.75) is 51.1 Å². The van der Waals surface area contributed by atoms with E-state index in [0.717, 1.165) is 37.8 Å². The molecule has 2 aliphatic rings. The van der Waals surface area contributed by atoms with Crippen LogP contribution in [-0.2, 0) is 6.54 Å². The zero-order valence-corrected chi connectivity index (χ0v) is 11.2. The molecular weight excluding hydrogens is 226 g/mol. The molecule has 0 atom stereocenters. The molecule has 4 nitrogen and oxygen atoms in total. The molecule has 1 aliphatic heterocycles. The first-order chi connectivity index (χ1) is 8.76. The van der Waals surface area contributed by atoms with Crippen LogP contribution in [0.15, 0.2) is 10.6 Å². The van der Waals surface area contributed by atoms with Gasteiger partial charge in [0.25, 0.3) is 0 Å². The fourth-order valence-corrected chi connectivity index (χ4v) is 3.41. The van der Waals surface area contributed by atoms with Gasteiger partial charge in [-0.25, -0.2) is 4.98 Å². The lowest BCUT2D eigenvalue weighted by molar-refractivity contribution is 0.0880. The first kappa shape index (κ1) is 12.2. The summed E-state index contributed by atoms with van der Waals surface area (Å²) in [4.78, 5) is 6.81. The molecule has 2 fully saturated rings. The number of nitrogens with one attached hydrogen (secondary N) is 1. The zero-order chi connectivity index (χ0) is 12.4. The fraction of sp³-hybridized carbons (Fsp3) is 0.786. The van der Waals surface area contributed by atoms with Crippen LogP contribution in [0.1, 0.15) is 43.8 Å². The van der Waals surface area contributed by atoms with Crippen LogP contribution >= 0.6 is 0 Å². The highest BCUT2D eigenvalue weighted by atomic mass is 16.4. The van der Waals surface area contributed by atoms with Gasteiger partial charge in [0.1, 0.15) is 5.76 Å². The van der Waals surface area contributed by atoms with Crippen molar-refractivity contribution < 1.29 is 4.42 Å². The van der Waals surface area contributed by atoms with Crippen molar-refractivity contribution in [1.29, 1.82) is 0 Å². The molecule has 0 bridgehead atoms. The number of oxazole rings is 1. The Balaban J connectivity index is 1.63. The molecule has 0 unspecified atom stereocenters. The van der Waals surface area contributed by atoms with E-state index in [-0.39, 0.29) is 0 Å². The van der Waals surface area contributed by atoms with Crippen molar-refractivity contribution >= 4 is 0 Å². The second-order valence-corrected chi connectivity index (χ2v) is 5.84. The number of nitrogens with zero attached hydrogens (tertiary/aromatic N) is 2. The summed E-state index contributed by atoms with van der Waals surface area (Å²) in [5.74, 6) is 1.77. The van der Waals surface area contributed by atoms with Crippen molar-refractivity contribution in [2.24, 2.45) is 0 Å². The Morgan fingerprint density at radius 2 is 2.22 bits per heavy atom. The summed E-state index contributed by atoms with van der Waals surface area (Å²) in [7, 11) is 0. The minimum absolute atomic E-state index is 0.373. The van der Waals surface area contributed by atoms with E-state index in [1.165, 1.54) is 32.1 Å². The summed E-state index contributed by atoms with van der Waals surface area (Å²) < 4.78 is 5.59. The van der Waals surface area contributed by atoms with Crippen molar-refractivity contribution in [2.75, 3.05) is 19.6 Å². The minimum atomic E-state index is 0.373. The summed E-state index contributed by atoms with van der Waals surface area (Å²) in [5.41, 5.74) is 0.373. The van der Waals surface area contributed by atoms with Crippen molar-refractivity contribution in [3.63, 3.8) is 0 Å². The molecule has 1 saturated heterocycles. The molecule has 2 heterocycles. The van der Waals surface area contributed by atoms with Gasteiger partial charge in [-0.05, 0) is 19.8 Å². The fourth-order valence-electron chi connectivity index (χ4n) is 3.41. The molecule has 0 amide bonds. The van der Waals surface area contributed by atoms with Gasteiger partial charge in [0.2, 0.25) is 5.89 Å². The predicted octanol–water partition coefficient (Wildman–Crippen LogP) is 2.09.